The van der Waals surface area contributed by atoms with E-state index in [2.05, 4.69) is 6.58 Å². The van der Waals surface area contributed by atoms with Gasteiger partial charge in [0.1, 0.15) is 12.1 Å². The molecule has 7 nitrogen and oxygen atoms in total. The molecule has 2 amide bonds. The summed E-state index contributed by atoms with van der Waals surface area (Å²) in [5.74, 6) is -0.661. The van der Waals surface area contributed by atoms with Crippen LogP contribution in [0.2, 0.25) is 0 Å². The van der Waals surface area contributed by atoms with Gasteiger partial charge in [0.05, 0.1) is 13.7 Å². The highest BCUT2D eigenvalue weighted by molar-refractivity contribution is 5.85. The van der Waals surface area contributed by atoms with Crippen LogP contribution >= 0.6 is 0 Å². The number of rotatable bonds is 5. The molecular formula is C20H24N2O5. The molecule has 2 heterocycles. The highest BCUT2D eigenvalue weighted by Crippen LogP contribution is 2.26. The van der Waals surface area contributed by atoms with E-state index in [1.165, 1.54) is 12.0 Å². The van der Waals surface area contributed by atoms with Crippen LogP contribution in [-0.2, 0) is 32.2 Å². The van der Waals surface area contributed by atoms with Crippen LogP contribution < -0.4 is 0 Å². The number of fused-ring (bicyclic) bond motifs is 1. The Morgan fingerprint density at radius 3 is 2.48 bits per heavy atom. The Morgan fingerprint density at radius 1 is 1.22 bits per heavy atom. The standard InChI is InChI=1S/C20H24N2O5/c1-3-4-9-18(23)22-13-16(10-17(22)19(24)26-2)27-20(25)21-11-14-7-5-6-8-15(14)12-21/h3,5-8,16-17H,1,4,9-13H2,2H3/t16-,17?/m1/s1. The van der Waals surface area contributed by atoms with Crippen molar-refractivity contribution in [2.75, 3.05) is 13.7 Å². The van der Waals surface area contributed by atoms with Crippen LogP contribution in [0.25, 0.3) is 0 Å². The molecule has 1 aromatic rings. The van der Waals surface area contributed by atoms with Gasteiger partial charge in [0, 0.05) is 25.9 Å². The van der Waals surface area contributed by atoms with Crippen LogP contribution in [0, 0.1) is 0 Å². The van der Waals surface area contributed by atoms with E-state index in [4.69, 9.17) is 9.47 Å². The first-order valence-electron chi connectivity index (χ1n) is 9.04. The van der Waals surface area contributed by atoms with Gasteiger partial charge in [0.25, 0.3) is 0 Å². The van der Waals surface area contributed by atoms with Crippen molar-refractivity contribution in [1.82, 2.24) is 9.80 Å². The van der Waals surface area contributed by atoms with E-state index in [0.717, 1.165) is 11.1 Å². The molecule has 1 fully saturated rings. The lowest BCUT2D eigenvalue weighted by molar-refractivity contribution is -0.150. The van der Waals surface area contributed by atoms with E-state index in [1.807, 2.05) is 24.3 Å². The molecule has 27 heavy (non-hydrogen) atoms. The first-order valence-corrected chi connectivity index (χ1v) is 9.04. The topological polar surface area (TPSA) is 76.2 Å². The number of carbonyl (C=O) groups is 3. The van der Waals surface area contributed by atoms with E-state index in [0.29, 0.717) is 19.5 Å². The number of esters is 1. The van der Waals surface area contributed by atoms with Crippen molar-refractivity contribution in [3.8, 4) is 0 Å². The molecule has 0 radical (unpaired) electrons. The Balaban J connectivity index is 1.62. The van der Waals surface area contributed by atoms with E-state index in [1.54, 1.807) is 11.0 Å². The summed E-state index contributed by atoms with van der Waals surface area (Å²) in [4.78, 5) is 40.1. The number of amides is 2. The van der Waals surface area contributed by atoms with Crippen LogP contribution in [0.15, 0.2) is 36.9 Å². The second kappa shape index (κ2) is 8.24. The molecule has 1 aromatic carbocycles. The normalized spacial score (nSPS) is 20.9. The van der Waals surface area contributed by atoms with Gasteiger partial charge in [-0.05, 0) is 17.5 Å². The maximum atomic E-state index is 12.5. The van der Waals surface area contributed by atoms with Crippen LogP contribution in [-0.4, -0.2) is 53.6 Å². The zero-order chi connectivity index (χ0) is 19.4. The highest BCUT2D eigenvalue weighted by Gasteiger charge is 2.42. The Labute approximate surface area is 158 Å². The van der Waals surface area contributed by atoms with Crippen molar-refractivity contribution in [3.63, 3.8) is 0 Å². The number of benzene rings is 1. The fraction of sp³-hybridized carbons (Fsp3) is 0.450. The molecule has 0 saturated carbocycles. The number of ether oxygens (including phenoxy) is 2. The Morgan fingerprint density at radius 2 is 1.89 bits per heavy atom. The third kappa shape index (κ3) is 4.13. The summed E-state index contributed by atoms with van der Waals surface area (Å²) in [6, 6.07) is 7.15. The number of allylic oxidation sites excluding steroid dienone is 1. The molecule has 1 unspecified atom stereocenters. The summed E-state index contributed by atoms with van der Waals surface area (Å²) < 4.78 is 10.4. The lowest BCUT2D eigenvalue weighted by Gasteiger charge is -2.22. The van der Waals surface area contributed by atoms with Gasteiger partial charge >= 0.3 is 12.1 Å². The van der Waals surface area contributed by atoms with Crippen molar-refractivity contribution in [2.45, 2.75) is 44.5 Å². The largest absolute Gasteiger partial charge is 0.467 e. The van der Waals surface area contributed by atoms with Crippen molar-refractivity contribution in [3.05, 3.63) is 48.0 Å². The van der Waals surface area contributed by atoms with Crippen LogP contribution in [0.4, 0.5) is 4.79 Å². The molecule has 0 N–H and O–H groups in total. The second-order valence-corrected chi connectivity index (χ2v) is 6.78. The summed E-state index contributed by atoms with van der Waals surface area (Å²) in [7, 11) is 1.29. The minimum Gasteiger partial charge on any atom is -0.467 e. The monoisotopic (exact) mass is 372 g/mol. The number of nitrogens with zero attached hydrogens (tertiary/aromatic N) is 2. The first kappa shape index (κ1) is 18.9. The van der Waals surface area contributed by atoms with Gasteiger partial charge in [0.15, 0.2) is 0 Å². The first-order chi connectivity index (χ1) is 13.0. The summed E-state index contributed by atoms with van der Waals surface area (Å²) in [5, 5.41) is 0. The molecule has 0 spiro atoms. The predicted molar refractivity (Wildman–Crippen MR) is 97.5 cm³/mol. The van der Waals surface area contributed by atoms with Crippen molar-refractivity contribution in [1.29, 1.82) is 0 Å². The molecule has 0 aliphatic carbocycles. The Kier molecular flexibility index (Phi) is 5.78. The second-order valence-electron chi connectivity index (χ2n) is 6.78. The Hall–Kier alpha value is -2.83. The maximum Gasteiger partial charge on any atom is 0.410 e. The Bertz CT molecular complexity index is 723. The van der Waals surface area contributed by atoms with E-state index >= 15 is 0 Å². The summed E-state index contributed by atoms with van der Waals surface area (Å²) in [6.45, 7) is 4.81. The van der Waals surface area contributed by atoms with Gasteiger partial charge in [-0.3, -0.25) is 9.69 Å². The molecule has 0 aromatic heterocycles. The van der Waals surface area contributed by atoms with Crippen molar-refractivity contribution in [2.24, 2.45) is 0 Å². The van der Waals surface area contributed by atoms with Crippen molar-refractivity contribution < 1.29 is 23.9 Å². The lowest BCUT2D eigenvalue weighted by Crippen LogP contribution is -2.41. The van der Waals surface area contributed by atoms with Gasteiger partial charge in [-0.1, -0.05) is 30.3 Å². The van der Waals surface area contributed by atoms with Gasteiger partial charge in [-0.25, -0.2) is 9.59 Å². The minimum absolute atomic E-state index is 0.169. The average molecular weight is 372 g/mol. The fourth-order valence-electron chi connectivity index (χ4n) is 3.57. The maximum absolute atomic E-state index is 12.5. The van der Waals surface area contributed by atoms with Crippen LogP contribution in [0.1, 0.15) is 30.4 Å². The third-order valence-corrected chi connectivity index (χ3v) is 4.99. The number of hydrogen-bond donors (Lipinski definition) is 0. The van der Waals surface area contributed by atoms with Gasteiger partial charge in [0.2, 0.25) is 5.91 Å². The van der Waals surface area contributed by atoms with Gasteiger partial charge in [-0.15, -0.1) is 6.58 Å². The van der Waals surface area contributed by atoms with E-state index in [9.17, 15) is 14.4 Å². The molecule has 2 aliphatic heterocycles. The molecule has 7 heteroatoms. The number of methoxy groups -OCH3 is 1. The van der Waals surface area contributed by atoms with E-state index < -0.39 is 24.2 Å². The average Bonchev–Trinajstić information content (AvgIpc) is 3.29. The van der Waals surface area contributed by atoms with Gasteiger partial charge < -0.3 is 14.4 Å². The molecule has 3 rings (SSSR count). The molecule has 2 atom stereocenters. The smallest absolute Gasteiger partial charge is 0.410 e. The minimum atomic E-state index is -0.721. The molecule has 2 aliphatic rings. The van der Waals surface area contributed by atoms with Gasteiger partial charge in [-0.2, -0.15) is 0 Å². The predicted octanol–water partition coefficient (Wildman–Crippen LogP) is 2.25. The molecule has 144 valence electrons. The zero-order valence-corrected chi connectivity index (χ0v) is 15.4. The highest BCUT2D eigenvalue weighted by atomic mass is 16.6. The molecule has 0 bridgehead atoms. The lowest BCUT2D eigenvalue weighted by atomic mass is 10.1. The number of likely N-dealkylation sites (tertiary alicyclic amines) is 1. The number of hydrogen-bond acceptors (Lipinski definition) is 5. The summed E-state index contributed by atoms with van der Waals surface area (Å²) in [5.41, 5.74) is 2.21. The molecular weight excluding hydrogens is 348 g/mol. The van der Waals surface area contributed by atoms with Crippen LogP contribution in [0.5, 0.6) is 0 Å². The summed E-state index contributed by atoms with van der Waals surface area (Å²) >= 11 is 0. The van der Waals surface area contributed by atoms with E-state index in [-0.39, 0.29) is 25.3 Å². The number of carbonyl (C=O) groups excluding carboxylic acids is 3. The quantitative estimate of drug-likeness (QED) is 0.585. The van der Waals surface area contributed by atoms with Crippen molar-refractivity contribution >= 4 is 18.0 Å². The van der Waals surface area contributed by atoms with Crippen LogP contribution in [0.3, 0.4) is 0 Å². The third-order valence-electron chi connectivity index (χ3n) is 4.99. The fourth-order valence-corrected chi connectivity index (χ4v) is 3.57. The SMILES string of the molecule is C=CCCC(=O)N1C[C@H](OC(=O)N2Cc3ccccc3C2)CC1C(=O)OC. The summed E-state index contributed by atoms with van der Waals surface area (Å²) in [6.07, 6.45) is 1.74. The zero-order valence-electron chi connectivity index (χ0n) is 15.4. The molecule has 1 saturated heterocycles.